The van der Waals surface area contributed by atoms with Crippen LogP contribution >= 0.6 is 15.9 Å². The SMILES string of the molecule is CNc1ncc(Br)cc1S(=O)(=O)Nc1ccc(F)c(F)c1. The molecule has 0 aliphatic carbocycles. The predicted molar refractivity (Wildman–Crippen MR) is 78.7 cm³/mol. The van der Waals surface area contributed by atoms with Crippen molar-refractivity contribution in [2.75, 3.05) is 17.1 Å². The van der Waals surface area contributed by atoms with E-state index in [1.165, 1.54) is 19.3 Å². The third-order valence-corrected chi connectivity index (χ3v) is 4.35. The minimum absolute atomic E-state index is 0.0871. The number of nitrogens with one attached hydrogen (secondary N) is 2. The molecule has 0 spiro atoms. The smallest absolute Gasteiger partial charge is 0.265 e. The third-order valence-electron chi connectivity index (χ3n) is 2.52. The van der Waals surface area contributed by atoms with E-state index in [0.717, 1.165) is 18.2 Å². The van der Waals surface area contributed by atoms with Crippen LogP contribution in [0.1, 0.15) is 0 Å². The van der Waals surface area contributed by atoms with Crippen molar-refractivity contribution in [3.05, 3.63) is 46.6 Å². The van der Waals surface area contributed by atoms with Crippen LogP contribution in [0.25, 0.3) is 0 Å². The van der Waals surface area contributed by atoms with Crippen LogP contribution in [0.15, 0.2) is 39.8 Å². The largest absolute Gasteiger partial charge is 0.372 e. The number of hydrogen-bond acceptors (Lipinski definition) is 4. The normalized spacial score (nSPS) is 11.2. The number of halogens is 3. The van der Waals surface area contributed by atoms with Crippen molar-refractivity contribution in [1.82, 2.24) is 4.98 Å². The zero-order valence-corrected chi connectivity index (χ0v) is 13.1. The van der Waals surface area contributed by atoms with Crippen molar-refractivity contribution in [1.29, 1.82) is 0 Å². The maximum absolute atomic E-state index is 13.1. The maximum atomic E-state index is 13.1. The summed E-state index contributed by atoms with van der Waals surface area (Å²) in [4.78, 5) is 3.80. The topological polar surface area (TPSA) is 71.1 Å². The molecule has 0 saturated carbocycles. The minimum Gasteiger partial charge on any atom is -0.372 e. The van der Waals surface area contributed by atoms with Crippen molar-refractivity contribution < 1.29 is 17.2 Å². The van der Waals surface area contributed by atoms with Gasteiger partial charge in [0.1, 0.15) is 10.7 Å². The first-order valence-corrected chi connectivity index (χ1v) is 7.92. The second-order valence-corrected chi connectivity index (χ2v) is 6.55. The minimum atomic E-state index is -4.00. The Morgan fingerprint density at radius 2 is 1.90 bits per heavy atom. The molecule has 2 aromatic rings. The Morgan fingerprint density at radius 3 is 2.52 bits per heavy atom. The summed E-state index contributed by atoms with van der Waals surface area (Å²) in [5.74, 6) is -2.07. The highest BCUT2D eigenvalue weighted by Crippen LogP contribution is 2.25. The van der Waals surface area contributed by atoms with Gasteiger partial charge in [0.15, 0.2) is 11.6 Å². The van der Waals surface area contributed by atoms with Gasteiger partial charge in [0.05, 0.1) is 5.69 Å². The van der Waals surface area contributed by atoms with E-state index in [9.17, 15) is 17.2 Å². The van der Waals surface area contributed by atoms with E-state index in [2.05, 4.69) is 31.0 Å². The average molecular weight is 378 g/mol. The van der Waals surface area contributed by atoms with Gasteiger partial charge in [-0.3, -0.25) is 4.72 Å². The average Bonchev–Trinajstić information content (AvgIpc) is 2.42. The lowest BCUT2D eigenvalue weighted by molar-refractivity contribution is 0.509. The van der Waals surface area contributed by atoms with Crippen LogP contribution in [0, 0.1) is 11.6 Å². The quantitative estimate of drug-likeness (QED) is 0.858. The van der Waals surface area contributed by atoms with E-state index in [0.29, 0.717) is 4.47 Å². The van der Waals surface area contributed by atoms with Gasteiger partial charge in [-0.2, -0.15) is 0 Å². The Morgan fingerprint density at radius 1 is 1.19 bits per heavy atom. The van der Waals surface area contributed by atoms with Gasteiger partial charge in [0, 0.05) is 23.8 Å². The van der Waals surface area contributed by atoms with Gasteiger partial charge in [-0.25, -0.2) is 22.2 Å². The second kappa shape index (κ2) is 5.94. The Labute approximate surface area is 128 Å². The molecule has 112 valence electrons. The summed E-state index contributed by atoms with van der Waals surface area (Å²) in [7, 11) is -2.48. The summed E-state index contributed by atoms with van der Waals surface area (Å²) in [6.45, 7) is 0. The Hall–Kier alpha value is -1.74. The van der Waals surface area contributed by atoms with Crippen LogP contribution in [0.3, 0.4) is 0 Å². The lowest BCUT2D eigenvalue weighted by atomic mass is 10.3. The van der Waals surface area contributed by atoms with E-state index in [1.807, 2.05) is 0 Å². The molecule has 0 aliphatic heterocycles. The fraction of sp³-hybridized carbons (Fsp3) is 0.0833. The van der Waals surface area contributed by atoms with E-state index in [-0.39, 0.29) is 16.4 Å². The van der Waals surface area contributed by atoms with Crippen molar-refractivity contribution in [3.63, 3.8) is 0 Å². The summed E-state index contributed by atoms with van der Waals surface area (Å²) >= 11 is 3.13. The first kappa shape index (κ1) is 15.6. The molecule has 0 radical (unpaired) electrons. The molecule has 0 bridgehead atoms. The van der Waals surface area contributed by atoms with Gasteiger partial charge < -0.3 is 5.32 Å². The summed E-state index contributed by atoms with van der Waals surface area (Å²) in [5.41, 5.74) is -0.0871. The van der Waals surface area contributed by atoms with E-state index in [1.54, 1.807) is 0 Å². The number of nitrogens with zero attached hydrogens (tertiary/aromatic N) is 1. The van der Waals surface area contributed by atoms with Crippen molar-refractivity contribution in [3.8, 4) is 0 Å². The van der Waals surface area contributed by atoms with Crippen LogP contribution in [0.5, 0.6) is 0 Å². The van der Waals surface area contributed by atoms with Gasteiger partial charge in [-0.05, 0) is 34.1 Å². The van der Waals surface area contributed by atoms with Crippen LogP contribution in [0.2, 0.25) is 0 Å². The lowest BCUT2D eigenvalue weighted by Crippen LogP contribution is -2.15. The highest BCUT2D eigenvalue weighted by atomic mass is 79.9. The van der Waals surface area contributed by atoms with Gasteiger partial charge in [0.25, 0.3) is 10.0 Å². The van der Waals surface area contributed by atoms with Crippen molar-refractivity contribution >= 4 is 37.5 Å². The molecule has 2 rings (SSSR count). The fourth-order valence-corrected chi connectivity index (χ4v) is 3.30. The summed E-state index contributed by atoms with van der Waals surface area (Å²) < 4.78 is 53.2. The molecule has 1 aromatic heterocycles. The van der Waals surface area contributed by atoms with Crippen molar-refractivity contribution in [2.45, 2.75) is 4.90 Å². The molecule has 1 heterocycles. The number of hydrogen-bond donors (Lipinski definition) is 2. The number of rotatable bonds is 4. The molecule has 0 aliphatic rings. The van der Waals surface area contributed by atoms with Gasteiger partial charge in [-0.1, -0.05) is 0 Å². The number of pyridine rings is 1. The fourth-order valence-electron chi connectivity index (χ4n) is 1.58. The number of aromatic nitrogens is 1. The first-order chi connectivity index (χ1) is 9.83. The molecule has 1 aromatic carbocycles. The maximum Gasteiger partial charge on any atom is 0.265 e. The summed E-state index contributed by atoms with van der Waals surface area (Å²) in [5, 5.41) is 2.65. The zero-order chi connectivity index (χ0) is 15.6. The monoisotopic (exact) mass is 377 g/mol. The summed E-state index contributed by atoms with van der Waals surface area (Å²) in [6, 6.07) is 4.07. The molecule has 0 atom stereocenters. The number of benzene rings is 1. The van der Waals surface area contributed by atoms with Gasteiger partial charge in [0.2, 0.25) is 0 Å². The van der Waals surface area contributed by atoms with E-state index in [4.69, 9.17) is 0 Å². The predicted octanol–water partition coefficient (Wildman–Crippen LogP) is 2.96. The molecule has 5 nitrogen and oxygen atoms in total. The molecule has 9 heteroatoms. The molecule has 0 saturated heterocycles. The van der Waals surface area contributed by atoms with Crippen molar-refractivity contribution in [2.24, 2.45) is 0 Å². The molecule has 0 fully saturated rings. The Kier molecular flexibility index (Phi) is 4.43. The van der Waals surface area contributed by atoms with E-state index < -0.39 is 21.7 Å². The third kappa shape index (κ3) is 3.48. The first-order valence-electron chi connectivity index (χ1n) is 5.64. The van der Waals surface area contributed by atoms with Crippen LogP contribution < -0.4 is 10.0 Å². The molecular formula is C12H10BrF2N3O2S. The van der Waals surface area contributed by atoms with Crippen LogP contribution in [-0.4, -0.2) is 20.4 Å². The zero-order valence-electron chi connectivity index (χ0n) is 10.7. The van der Waals surface area contributed by atoms with Gasteiger partial charge >= 0.3 is 0 Å². The molecular weight excluding hydrogens is 368 g/mol. The molecule has 0 unspecified atom stereocenters. The Bertz CT molecular complexity index is 784. The van der Waals surface area contributed by atoms with E-state index >= 15 is 0 Å². The lowest BCUT2D eigenvalue weighted by Gasteiger charge is -2.11. The highest BCUT2D eigenvalue weighted by molar-refractivity contribution is 9.10. The van der Waals surface area contributed by atoms with Gasteiger partial charge in [-0.15, -0.1) is 0 Å². The molecule has 2 N–H and O–H groups in total. The van der Waals surface area contributed by atoms with Crippen LogP contribution in [0.4, 0.5) is 20.3 Å². The number of anilines is 2. The molecule has 21 heavy (non-hydrogen) atoms. The second-order valence-electron chi connectivity index (χ2n) is 3.98. The summed E-state index contributed by atoms with van der Waals surface area (Å²) in [6.07, 6.45) is 1.43. The standard InChI is InChI=1S/C12H10BrF2N3O2S/c1-16-12-11(4-7(13)6-17-12)21(19,20)18-8-2-3-9(14)10(15)5-8/h2-6,18H,1H3,(H,16,17). The Balaban J connectivity index is 2.42. The highest BCUT2D eigenvalue weighted by Gasteiger charge is 2.20. The van der Waals surface area contributed by atoms with Crippen LogP contribution in [-0.2, 0) is 10.0 Å². The molecule has 0 amide bonds. The number of sulfonamides is 1.